The number of nitrogens with one attached hydrogen (secondary N) is 1. The molecule has 0 aliphatic carbocycles. The first-order valence-corrected chi connectivity index (χ1v) is 11.6. The van der Waals surface area contributed by atoms with Crippen LogP contribution in [0.15, 0.2) is 77.0 Å². The number of urea groups is 1. The lowest BCUT2D eigenvalue weighted by Crippen LogP contribution is -2.46. The fraction of sp³-hybridized carbons (Fsp3) is 0.179. The Hall–Kier alpha value is -4.33. The van der Waals surface area contributed by atoms with Gasteiger partial charge in [-0.1, -0.05) is 54.5 Å². The first kappa shape index (κ1) is 23.4. The maximum absolute atomic E-state index is 14.4. The van der Waals surface area contributed by atoms with Gasteiger partial charge in [-0.2, -0.15) is 4.98 Å². The molecule has 1 aromatic heterocycles. The van der Waals surface area contributed by atoms with E-state index in [0.717, 1.165) is 12.0 Å². The van der Waals surface area contributed by atoms with Crippen molar-refractivity contribution in [3.8, 4) is 11.4 Å². The van der Waals surface area contributed by atoms with Gasteiger partial charge < -0.3 is 9.84 Å². The number of allylic oxidation sites excluding steroid dienone is 1. The molecule has 2 amide bonds. The molecule has 0 spiro atoms. The van der Waals surface area contributed by atoms with Gasteiger partial charge in [0.1, 0.15) is 11.6 Å². The van der Waals surface area contributed by atoms with Crippen LogP contribution in [0, 0.1) is 18.6 Å². The van der Waals surface area contributed by atoms with Crippen LogP contribution in [0.25, 0.3) is 17.0 Å². The van der Waals surface area contributed by atoms with Gasteiger partial charge in [0.05, 0.1) is 17.3 Å². The molecule has 3 aromatic carbocycles. The minimum atomic E-state index is -0.680. The van der Waals surface area contributed by atoms with Gasteiger partial charge in [0.2, 0.25) is 5.82 Å². The number of carbonyl (C=O) groups is 1. The second-order valence-electron chi connectivity index (χ2n) is 8.68. The van der Waals surface area contributed by atoms with Crippen LogP contribution in [0.3, 0.4) is 0 Å². The summed E-state index contributed by atoms with van der Waals surface area (Å²) in [6.07, 6.45) is 0.915. The van der Waals surface area contributed by atoms with Crippen LogP contribution in [0.1, 0.15) is 42.5 Å². The molecule has 6 nitrogen and oxygen atoms in total. The number of carbonyl (C=O) groups excluding carboxylic acids is 1. The van der Waals surface area contributed by atoms with Crippen molar-refractivity contribution in [3.63, 3.8) is 0 Å². The molecule has 0 radical (unpaired) electrons. The normalized spacial score (nSPS) is 15.9. The van der Waals surface area contributed by atoms with Crippen molar-refractivity contribution in [2.24, 2.45) is 0 Å². The molecule has 1 atom stereocenters. The molecule has 8 heteroatoms. The van der Waals surface area contributed by atoms with Crippen LogP contribution in [0.4, 0.5) is 19.3 Å². The zero-order chi connectivity index (χ0) is 25.4. The number of halogens is 2. The molecule has 1 N–H and O–H groups in total. The molecule has 1 aliphatic heterocycles. The Balaban J connectivity index is 1.64. The second kappa shape index (κ2) is 9.37. The van der Waals surface area contributed by atoms with E-state index in [-0.39, 0.29) is 5.89 Å². The first-order valence-electron chi connectivity index (χ1n) is 11.6. The molecule has 0 fully saturated rings. The van der Waals surface area contributed by atoms with Gasteiger partial charge in [0.25, 0.3) is 5.89 Å². The molecule has 0 saturated carbocycles. The molecular weight excluding hydrogens is 462 g/mol. The summed E-state index contributed by atoms with van der Waals surface area (Å²) < 4.78 is 33.7. The van der Waals surface area contributed by atoms with Crippen molar-refractivity contribution in [2.75, 3.05) is 4.90 Å². The van der Waals surface area contributed by atoms with Gasteiger partial charge in [0.15, 0.2) is 0 Å². The summed E-state index contributed by atoms with van der Waals surface area (Å²) in [6, 6.07) is 17.2. The summed E-state index contributed by atoms with van der Waals surface area (Å²) >= 11 is 0. The average Bonchev–Trinajstić information content (AvgIpc) is 3.36. The van der Waals surface area contributed by atoms with E-state index in [9.17, 15) is 13.6 Å². The Kier molecular flexibility index (Phi) is 6.10. The molecule has 1 aliphatic rings. The van der Waals surface area contributed by atoms with Crippen molar-refractivity contribution in [3.05, 3.63) is 107 Å². The monoisotopic (exact) mass is 486 g/mol. The van der Waals surface area contributed by atoms with E-state index in [1.807, 2.05) is 24.3 Å². The molecule has 182 valence electrons. The van der Waals surface area contributed by atoms with E-state index in [2.05, 4.69) is 22.4 Å². The lowest BCUT2D eigenvalue weighted by molar-refractivity contribution is 0.244. The van der Waals surface area contributed by atoms with Crippen LogP contribution in [-0.4, -0.2) is 16.2 Å². The predicted octanol–water partition coefficient (Wildman–Crippen LogP) is 6.59. The van der Waals surface area contributed by atoms with Gasteiger partial charge in [-0.05, 0) is 61.2 Å². The van der Waals surface area contributed by atoms with E-state index in [1.165, 1.54) is 28.7 Å². The fourth-order valence-corrected chi connectivity index (χ4v) is 4.30. The van der Waals surface area contributed by atoms with Crippen LogP contribution < -0.4 is 10.2 Å². The maximum Gasteiger partial charge on any atom is 0.327 e. The van der Waals surface area contributed by atoms with Crippen molar-refractivity contribution in [1.82, 2.24) is 15.5 Å². The molecule has 4 aromatic rings. The summed E-state index contributed by atoms with van der Waals surface area (Å²) in [4.78, 5) is 19.2. The lowest BCUT2D eigenvalue weighted by Gasteiger charge is -2.35. The third kappa shape index (κ3) is 4.26. The van der Waals surface area contributed by atoms with Crippen molar-refractivity contribution >= 4 is 17.3 Å². The number of anilines is 1. The van der Waals surface area contributed by atoms with E-state index in [1.54, 1.807) is 38.1 Å². The van der Waals surface area contributed by atoms with Crippen molar-refractivity contribution < 1.29 is 18.1 Å². The van der Waals surface area contributed by atoms with Crippen LogP contribution in [0.5, 0.6) is 0 Å². The van der Waals surface area contributed by atoms with E-state index in [0.29, 0.717) is 33.9 Å². The third-order valence-electron chi connectivity index (χ3n) is 6.38. The molecular formula is C28H24F2N4O2. The zero-order valence-electron chi connectivity index (χ0n) is 20.0. The largest absolute Gasteiger partial charge is 0.334 e. The number of aromatic nitrogens is 2. The summed E-state index contributed by atoms with van der Waals surface area (Å²) in [5, 5.41) is 7.10. The number of aryl methyl sites for hydroxylation is 2. The molecule has 0 saturated heterocycles. The number of rotatable bonds is 5. The smallest absolute Gasteiger partial charge is 0.327 e. The molecule has 0 bridgehead atoms. The minimum absolute atomic E-state index is 0.203. The van der Waals surface area contributed by atoms with Gasteiger partial charge >= 0.3 is 6.03 Å². The number of hydrogen-bond donors (Lipinski definition) is 1. The molecule has 36 heavy (non-hydrogen) atoms. The van der Waals surface area contributed by atoms with Crippen molar-refractivity contribution in [1.29, 1.82) is 0 Å². The minimum Gasteiger partial charge on any atom is -0.334 e. The molecule has 2 heterocycles. The Bertz CT molecular complexity index is 1460. The Morgan fingerprint density at radius 1 is 1.00 bits per heavy atom. The SMILES string of the molecule is CCc1ccc(-c2noc(C3=C(C)N(c4ccc(C)c(F)c4)C(=O)NC3c3ccc(F)cc3)n2)cc1. The summed E-state index contributed by atoms with van der Waals surface area (Å²) in [7, 11) is 0. The Morgan fingerprint density at radius 3 is 2.39 bits per heavy atom. The highest BCUT2D eigenvalue weighted by Crippen LogP contribution is 2.39. The molecule has 5 rings (SSSR count). The topological polar surface area (TPSA) is 71.3 Å². The molecule has 1 unspecified atom stereocenters. The highest BCUT2D eigenvalue weighted by Gasteiger charge is 2.36. The van der Waals surface area contributed by atoms with Gasteiger partial charge in [0, 0.05) is 11.3 Å². The van der Waals surface area contributed by atoms with Crippen LogP contribution >= 0.6 is 0 Å². The number of nitrogens with zero attached hydrogens (tertiary/aromatic N) is 3. The van der Waals surface area contributed by atoms with E-state index >= 15 is 0 Å². The Morgan fingerprint density at radius 2 is 1.72 bits per heavy atom. The predicted molar refractivity (Wildman–Crippen MR) is 133 cm³/mol. The first-order chi connectivity index (χ1) is 17.4. The van der Waals surface area contributed by atoms with Gasteiger partial charge in [-0.15, -0.1) is 0 Å². The summed E-state index contributed by atoms with van der Waals surface area (Å²) in [5.41, 5.74) is 4.47. The van der Waals surface area contributed by atoms with Crippen LogP contribution in [-0.2, 0) is 6.42 Å². The highest BCUT2D eigenvalue weighted by atomic mass is 19.1. The van der Waals surface area contributed by atoms with Crippen molar-refractivity contribution in [2.45, 2.75) is 33.2 Å². The van der Waals surface area contributed by atoms with E-state index < -0.39 is 23.7 Å². The number of hydrogen-bond acceptors (Lipinski definition) is 4. The van der Waals surface area contributed by atoms with Gasteiger partial charge in [-0.3, -0.25) is 4.90 Å². The number of amides is 2. The second-order valence-corrected chi connectivity index (χ2v) is 8.68. The van der Waals surface area contributed by atoms with Gasteiger partial charge in [-0.25, -0.2) is 13.6 Å². The lowest BCUT2D eigenvalue weighted by atomic mass is 9.94. The fourth-order valence-electron chi connectivity index (χ4n) is 4.30. The standard InChI is InChI=1S/C28H24F2N4O2/c1-4-18-6-8-20(9-7-18)26-32-27(36-33-26)24-17(3)34(22-14-5-16(2)23(30)15-22)28(35)31-25(24)19-10-12-21(29)13-11-19/h5-15,25H,4H2,1-3H3,(H,31,35). The third-order valence-corrected chi connectivity index (χ3v) is 6.38. The zero-order valence-corrected chi connectivity index (χ0v) is 20.0. The average molecular weight is 487 g/mol. The quantitative estimate of drug-likeness (QED) is 0.346. The Labute approximate surface area is 207 Å². The maximum atomic E-state index is 14.4. The number of benzene rings is 3. The highest BCUT2D eigenvalue weighted by molar-refractivity contribution is 6.01. The van der Waals surface area contributed by atoms with E-state index in [4.69, 9.17) is 4.52 Å². The summed E-state index contributed by atoms with van der Waals surface area (Å²) in [5.74, 6) is -0.217. The van der Waals surface area contributed by atoms with Crippen LogP contribution in [0.2, 0.25) is 0 Å². The summed E-state index contributed by atoms with van der Waals surface area (Å²) in [6.45, 7) is 5.47.